The molecule has 12 heteroatoms. The fourth-order valence-corrected chi connectivity index (χ4v) is 5.83. The molecule has 1 atom stereocenters. The lowest BCUT2D eigenvalue weighted by molar-refractivity contribution is 0.0135. The fraction of sp³-hybridized carbons (Fsp3) is 0.500. The van der Waals surface area contributed by atoms with E-state index in [1.165, 1.54) is 14.2 Å². The Bertz CT molecular complexity index is 1470. The van der Waals surface area contributed by atoms with Crippen LogP contribution in [0.15, 0.2) is 30.5 Å². The minimum Gasteiger partial charge on any atom is -0.480 e. The SMILES string of the molecule is COc1ncc(-c2nc3c(n2C(C)C)C(c2ccc(Cl)cc2)N(C2CCN(C(=O)OC(C)(C)C)CC2)C3=O)c(OC)n1. The number of halogens is 1. The third kappa shape index (κ3) is 5.49. The van der Waals surface area contributed by atoms with Gasteiger partial charge in [0.1, 0.15) is 17.5 Å². The van der Waals surface area contributed by atoms with Crippen molar-refractivity contribution in [3.63, 3.8) is 0 Å². The van der Waals surface area contributed by atoms with E-state index in [2.05, 4.69) is 14.5 Å². The van der Waals surface area contributed by atoms with Crippen LogP contribution in [0.4, 0.5) is 4.79 Å². The molecule has 5 rings (SSSR count). The Morgan fingerprint density at radius 3 is 2.29 bits per heavy atom. The van der Waals surface area contributed by atoms with Crippen molar-refractivity contribution in [2.75, 3.05) is 27.3 Å². The van der Waals surface area contributed by atoms with Gasteiger partial charge in [0.2, 0.25) is 5.88 Å². The third-order valence-corrected chi connectivity index (χ3v) is 7.73. The quantitative estimate of drug-likeness (QED) is 0.365. The molecule has 4 heterocycles. The molecule has 3 aromatic rings. The maximum absolute atomic E-state index is 14.3. The Morgan fingerprint density at radius 2 is 1.71 bits per heavy atom. The second kappa shape index (κ2) is 11.4. The maximum atomic E-state index is 14.3. The number of piperidine rings is 1. The first kappa shape index (κ1) is 29.6. The number of carbonyl (C=O) groups is 2. The first-order valence-corrected chi connectivity index (χ1v) is 14.4. The van der Waals surface area contributed by atoms with Gasteiger partial charge in [-0.1, -0.05) is 23.7 Å². The average molecular weight is 597 g/mol. The van der Waals surface area contributed by atoms with Crippen LogP contribution in [0, 0.1) is 0 Å². The molecule has 2 aliphatic rings. The van der Waals surface area contributed by atoms with Crippen LogP contribution in [0.2, 0.25) is 5.02 Å². The number of fused-ring (bicyclic) bond motifs is 1. The number of carbonyl (C=O) groups excluding carboxylic acids is 2. The number of aromatic nitrogens is 4. The second-order valence-electron chi connectivity index (χ2n) is 11.8. The summed E-state index contributed by atoms with van der Waals surface area (Å²) in [6, 6.07) is 7.18. The molecule has 2 amide bonds. The van der Waals surface area contributed by atoms with E-state index in [4.69, 9.17) is 30.8 Å². The van der Waals surface area contributed by atoms with Gasteiger partial charge in [0.05, 0.1) is 25.5 Å². The predicted molar refractivity (Wildman–Crippen MR) is 157 cm³/mol. The van der Waals surface area contributed by atoms with Crippen LogP contribution in [-0.2, 0) is 4.74 Å². The lowest BCUT2D eigenvalue weighted by Gasteiger charge is -2.40. The summed E-state index contributed by atoms with van der Waals surface area (Å²) in [4.78, 5) is 44.2. The lowest BCUT2D eigenvalue weighted by atomic mass is 9.98. The van der Waals surface area contributed by atoms with Crippen molar-refractivity contribution < 1.29 is 23.8 Å². The molecule has 2 aliphatic heterocycles. The van der Waals surface area contributed by atoms with Gasteiger partial charge in [-0.25, -0.2) is 14.8 Å². The normalized spacial score (nSPS) is 17.5. The van der Waals surface area contributed by atoms with E-state index in [0.29, 0.717) is 53.9 Å². The van der Waals surface area contributed by atoms with Crippen molar-refractivity contribution in [2.45, 2.75) is 71.2 Å². The standard InChI is InChI=1S/C30H37ClN6O5/c1-17(2)36-24-22(33-25(36)21-16-32-28(41-7)34-26(21)40-6)27(38)37(23(24)18-8-10-19(31)11-9-18)20-12-14-35(15-13-20)29(39)42-30(3,4)5/h8-11,16-17,20,23H,12-15H2,1-7H3. The number of ether oxygens (including phenoxy) is 3. The van der Waals surface area contributed by atoms with E-state index < -0.39 is 11.6 Å². The molecule has 1 fully saturated rings. The Kier molecular flexibility index (Phi) is 8.06. The predicted octanol–water partition coefficient (Wildman–Crippen LogP) is 5.54. The number of hydrogen-bond donors (Lipinski definition) is 0. The molecule has 224 valence electrons. The topological polar surface area (TPSA) is 112 Å². The molecule has 0 bridgehead atoms. The number of benzene rings is 1. The minimum absolute atomic E-state index is 0.0559. The van der Waals surface area contributed by atoms with Gasteiger partial charge in [-0.2, -0.15) is 4.98 Å². The highest BCUT2D eigenvalue weighted by Gasteiger charge is 2.47. The van der Waals surface area contributed by atoms with Crippen molar-refractivity contribution in [3.05, 3.63) is 52.4 Å². The van der Waals surface area contributed by atoms with Crippen LogP contribution in [0.25, 0.3) is 11.4 Å². The Balaban J connectivity index is 1.56. The smallest absolute Gasteiger partial charge is 0.410 e. The maximum Gasteiger partial charge on any atom is 0.410 e. The summed E-state index contributed by atoms with van der Waals surface area (Å²) in [5.74, 6) is 0.685. The van der Waals surface area contributed by atoms with Crippen LogP contribution in [0.1, 0.15) is 81.3 Å². The van der Waals surface area contributed by atoms with Gasteiger partial charge >= 0.3 is 12.1 Å². The van der Waals surface area contributed by atoms with Gasteiger partial charge in [-0.15, -0.1) is 0 Å². The number of amides is 2. The van der Waals surface area contributed by atoms with Gasteiger partial charge in [-0.05, 0) is 65.2 Å². The second-order valence-corrected chi connectivity index (χ2v) is 12.2. The summed E-state index contributed by atoms with van der Waals surface area (Å²) in [5.41, 5.74) is 2.08. The highest BCUT2D eigenvalue weighted by Crippen LogP contribution is 2.45. The number of hydrogen-bond acceptors (Lipinski definition) is 8. The fourth-order valence-electron chi connectivity index (χ4n) is 5.70. The molecular weight excluding hydrogens is 560 g/mol. The summed E-state index contributed by atoms with van der Waals surface area (Å²) in [6.07, 6.45) is 2.51. The van der Waals surface area contributed by atoms with E-state index in [0.717, 1.165) is 11.3 Å². The zero-order valence-corrected chi connectivity index (χ0v) is 25.8. The van der Waals surface area contributed by atoms with Crippen LogP contribution < -0.4 is 9.47 Å². The van der Waals surface area contributed by atoms with Crippen molar-refractivity contribution in [1.29, 1.82) is 0 Å². The number of imidazole rings is 1. The van der Waals surface area contributed by atoms with Crippen LogP contribution >= 0.6 is 11.6 Å². The van der Waals surface area contributed by atoms with Gasteiger partial charge < -0.3 is 28.6 Å². The monoisotopic (exact) mass is 596 g/mol. The molecule has 42 heavy (non-hydrogen) atoms. The van der Waals surface area contributed by atoms with Crippen molar-refractivity contribution >= 4 is 23.6 Å². The first-order valence-electron chi connectivity index (χ1n) is 14.1. The average Bonchev–Trinajstić information content (AvgIpc) is 3.47. The summed E-state index contributed by atoms with van der Waals surface area (Å²) in [7, 11) is 3.01. The van der Waals surface area contributed by atoms with Gasteiger partial charge in [-0.3, -0.25) is 4.79 Å². The highest BCUT2D eigenvalue weighted by atomic mass is 35.5. The molecule has 0 saturated carbocycles. The van der Waals surface area contributed by atoms with Crippen molar-refractivity contribution in [1.82, 2.24) is 29.3 Å². The Morgan fingerprint density at radius 1 is 1.05 bits per heavy atom. The van der Waals surface area contributed by atoms with E-state index >= 15 is 0 Å². The Labute approximate surface area is 250 Å². The van der Waals surface area contributed by atoms with Crippen molar-refractivity contribution in [2.24, 2.45) is 0 Å². The highest BCUT2D eigenvalue weighted by molar-refractivity contribution is 6.30. The summed E-state index contributed by atoms with van der Waals surface area (Å²) < 4.78 is 18.4. The first-order chi connectivity index (χ1) is 19.9. The summed E-state index contributed by atoms with van der Waals surface area (Å²) >= 11 is 6.26. The molecule has 0 spiro atoms. The zero-order valence-electron chi connectivity index (χ0n) is 25.0. The molecule has 1 unspecified atom stereocenters. The number of rotatable bonds is 6. The number of likely N-dealkylation sites (tertiary alicyclic amines) is 1. The van der Waals surface area contributed by atoms with Crippen LogP contribution in [-0.4, -0.2) is 80.3 Å². The van der Waals surface area contributed by atoms with Crippen molar-refractivity contribution in [3.8, 4) is 23.3 Å². The molecular formula is C30H37ClN6O5. The molecule has 2 aromatic heterocycles. The number of nitrogens with zero attached hydrogens (tertiary/aromatic N) is 6. The molecule has 0 radical (unpaired) electrons. The van der Waals surface area contributed by atoms with E-state index in [1.54, 1.807) is 11.1 Å². The van der Waals surface area contributed by atoms with E-state index in [9.17, 15) is 9.59 Å². The lowest BCUT2D eigenvalue weighted by Crippen LogP contribution is -2.49. The van der Waals surface area contributed by atoms with Crippen LogP contribution in [0.3, 0.4) is 0 Å². The summed E-state index contributed by atoms with van der Waals surface area (Å²) in [5, 5.41) is 0.610. The van der Waals surface area contributed by atoms with Crippen LogP contribution in [0.5, 0.6) is 11.9 Å². The number of methoxy groups -OCH3 is 2. The van der Waals surface area contributed by atoms with Gasteiger partial charge in [0.15, 0.2) is 5.69 Å². The molecule has 1 aromatic carbocycles. The van der Waals surface area contributed by atoms with E-state index in [1.807, 2.05) is 63.8 Å². The summed E-state index contributed by atoms with van der Waals surface area (Å²) in [6.45, 7) is 10.6. The zero-order chi connectivity index (χ0) is 30.3. The molecule has 0 aliphatic carbocycles. The van der Waals surface area contributed by atoms with Gasteiger partial charge in [0.25, 0.3) is 5.91 Å². The van der Waals surface area contributed by atoms with E-state index in [-0.39, 0.29) is 30.1 Å². The minimum atomic E-state index is -0.573. The van der Waals surface area contributed by atoms with Gasteiger partial charge in [0, 0.05) is 36.4 Å². The third-order valence-electron chi connectivity index (χ3n) is 7.48. The molecule has 11 nitrogen and oxygen atoms in total. The molecule has 0 N–H and O–H groups in total. The molecule has 1 saturated heterocycles. The largest absolute Gasteiger partial charge is 0.480 e. The Hall–Kier alpha value is -3.86.